The van der Waals surface area contributed by atoms with E-state index in [0.717, 1.165) is 0 Å². The summed E-state index contributed by atoms with van der Waals surface area (Å²) in [6, 6.07) is 8.82. The third-order valence-corrected chi connectivity index (χ3v) is 3.03. The largest absolute Gasteiger partial charge is 0.289 e. The molecule has 2 rings (SSSR count). The first-order valence-electron chi connectivity index (χ1n) is 5.65. The summed E-state index contributed by atoms with van der Waals surface area (Å²) in [5.74, 6) is -0.226. The zero-order chi connectivity index (χ0) is 12.5. The van der Waals surface area contributed by atoms with Gasteiger partial charge in [0.05, 0.1) is 0 Å². The molecule has 1 aromatic rings. The summed E-state index contributed by atoms with van der Waals surface area (Å²) in [6.45, 7) is 3.58. The number of Topliss-reactive ketones (excluding diaryl/α,β-unsaturated/α-hetero) is 1. The van der Waals surface area contributed by atoms with Gasteiger partial charge in [0.2, 0.25) is 0 Å². The minimum absolute atomic E-state index is 0.226. The van der Waals surface area contributed by atoms with E-state index in [1.54, 1.807) is 56.3 Å². The second-order valence-electron chi connectivity index (χ2n) is 4.86. The summed E-state index contributed by atoms with van der Waals surface area (Å²) in [5.41, 5.74) is 0.158. The first-order valence-corrected chi connectivity index (χ1v) is 5.65. The highest BCUT2D eigenvalue weighted by molar-refractivity contribution is 6.09. The monoisotopic (exact) mass is 230 g/mol. The van der Waals surface area contributed by atoms with Crippen LogP contribution in [-0.4, -0.2) is 12.0 Å². The molecule has 0 fully saturated rings. The summed E-state index contributed by atoms with van der Waals surface area (Å²) >= 11 is 0. The molecule has 1 aromatic carbocycles. The first-order chi connectivity index (χ1) is 8.02. The van der Waals surface area contributed by atoms with Crippen LogP contribution in [0, 0.1) is 5.41 Å². The Hall–Kier alpha value is -1.70. The van der Waals surface area contributed by atoms with Crippen LogP contribution in [0.4, 0.5) is 4.39 Å². The maximum atomic E-state index is 14.2. The van der Waals surface area contributed by atoms with E-state index in [-0.39, 0.29) is 11.4 Å². The molecule has 1 aliphatic rings. The summed E-state index contributed by atoms with van der Waals surface area (Å²) < 4.78 is 14.2. The Kier molecular flexibility index (Phi) is 2.97. The van der Waals surface area contributed by atoms with Crippen molar-refractivity contribution in [1.82, 2.24) is 0 Å². The lowest BCUT2D eigenvalue weighted by atomic mass is 9.78. The third-order valence-electron chi connectivity index (χ3n) is 3.03. The van der Waals surface area contributed by atoms with Crippen LogP contribution in [0.25, 0.3) is 0 Å². The predicted octanol–water partition coefficient (Wildman–Crippen LogP) is 3.73. The number of benzene rings is 1. The van der Waals surface area contributed by atoms with Crippen molar-refractivity contribution in [3.05, 3.63) is 59.7 Å². The van der Waals surface area contributed by atoms with E-state index in [9.17, 15) is 9.18 Å². The van der Waals surface area contributed by atoms with E-state index in [2.05, 4.69) is 0 Å². The molecule has 0 radical (unpaired) electrons. The number of hydrogen-bond donors (Lipinski definition) is 0. The number of alkyl halides is 1. The molecular formula is C15H15FO. The van der Waals surface area contributed by atoms with Crippen LogP contribution in [0.2, 0.25) is 0 Å². The Morgan fingerprint density at radius 3 is 2.53 bits per heavy atom. The summed E-state index contributed by atoms with van der Waals surface area (Å²) in [7, 11) is 0. The van der Waals surface area contributed by atoms with Gasteiger partial charge in [-0.15, -0.1) is 0 Å². The van der Waals surface area contributed by atoms with E-state index in [1.165, 1.54) is 0 Å². The SMILES string of the molecule is CC1(C)C=CC=C(C(=O)c2ccccc2)C1F. The van der Waals surface area contributed by atoms with Crippen molar-refractivity contribution in [3.63, 3.8) is 0 Å². The number of carbonyl (C=O) groups excluding carboxylic acids is 1. The molecular weight excluding hydrogens is 215 g/mol. The van der Waals surface area contributed by atoms with E-state index < -0.39 is 11.6 Å². The van der Waals surface area contributed by atoms with Crippen LogP contribution in [0.3, 0.4) is 0 Å². The first kappa shape index (κ1) is 11.8. The smallest absolute Gasteiger partial charge is 0.191 e. The molecule has 0 N–H and O–H groups in total. The Balaban J connectivity index is 2.33. The Morgan fingerprint density at radius 1 is 1.24 bits per heavy atom. The zero-order valence-electron chi connectivity index (χ0n) is 9.98. The molecule has 0 heterocycles. The molecule has 0 aromatic heterocycles. The molecule has 0 saturated carbocycles. The lowest BCUT2D eigenvalue weighted by Crippen LogP contribution is -2.30. The van der Waals surface area contributed by atoms with Gasteiger partial charge in [0, 0.05) is 16.6 Å². The molecule has 0 saturated heterocycles. The van der Waals surface area contributed by atoms with Crippen molar-refractivity contribution in [2.45, 2.75) is 20.0 Å². The number of hydrogen-bond acceptors (Lipinski definition) is 1. The van der Waals surface area contributed by atoms with Crippen molar-refractivity contribution in [3.8, 4) is 0 Å². The Bertz CT molecular complexity index is 483. The van der Waals surface area contributed by atoms with Gasteiger partial charge in [-0.05, 0) is 0 Å². The molecule has 17 heavy (non-hydrogen) atoms. The van der Waals surface area contributed by atoms with E-state index in [4.69, 9.17) is 0 Å². The molecule has 1 aliphatic carbocycles. The second-order valence-corrected chi connectivity index (χ2v) is 4.86. The normalized spacial score (nSPS) is 22.1. The Labute approximate surface area is 101 Å². The van der Waals surface area contributed by atoms with E-state index in [1.807, 2.05) is 6.07 Å². The van der Waals surface area contributed by atoms with Crippen molar-refractivity contribution in [2.24, 2.45) is 5.41 Å². The highest BCUT2D eigenvalue weighted by Crippen LogP contribution is 2.34. The molecule has 1 atom stereocenters. The van der Waals surface area contributed by atoms with Gasteiger partial charge in [-0.1, -0.05) is 62.4 Å². The van der Waals surface area contributed by atoms with Crippen molar-refractivity contribution < 1.29 is 9.18 Å². The third kappa shape index (κ3) is 2.21. The van der Waals surface area contributed by atoms with Crippen LogP contribution >= 0.6 is 0 Å². The molecule has 1 nitrogen and oxygen atoms in total. The molecule has 2 heteroatoms. The number of rotatable bonds is 2. The minimum atomic E-state index is -1.25. The summed E-state index contributed by atoms with van der Waals surface area (Å²) in [5, 5.41) is 0. The number of carbonyl (C=O) groups is 1. The summed E-state index contributed by atoms with van der Waals surface area (Å²) in [6.07, 6.45) is 3.87. The zero-order valence-corrected chi connectivity index (χ0v) is 9.98. The standard InChI is InChI=1S/C15H15FO/c1-15(2)10-6-9-12(14(15)16)13(17)11-7-4-3-5-8-11/h3-10,14H,1-2H3. The van der Waals surface area contributed by atoms with E-state index in [0.29, 0.717) is 5.56 Å². The lowest BCUT2D eigenvalue weighted by Gasteiger charge is -2.29. The number of ketones is 1. The number of allylic oxidation sites excluding steroid dienone is 4. The van der Waals surface area contributed by atoms with Crippen LogP contribution in [0.1, 0.15) is 24.2 Å². The highest BCUT2D eigenvalue weighted by Gasteiger charge is 2.35. The average molecular weight is 230 g/mol. The van der Waals surface area contributed by atoms with Gasteiger partial charge in [-0.3, -0.25) is 4.79 Å². The molecule has 0 bridgehead atoms. The van der Waals surface area contributed by atoms with Crippen LogP contribution in [0.15, 0.2) is 54.1 Å². The van der Waals surface area contributed by atoms with Gasteiger partial charge in [0.25, 0.3) is 0 Å². The van der Waals surface area contributed by atoms with Crippen LogP contribution in [0.5, 0.6) is 0 Å². The van der Waals surface area contributed by atoms with E-state index >= 15 is 0 Å². The maximum Gasteiger partial charge on any atom is 0.191 e. The number of halogens is 1. The highest BCUT2D eigenvalue weighted by atomic mass is 19.1. The average Bonchev–Trinajstić information content (AvgIpc) is 2.33. The molecule has 1 unspecified atom stereocenters. The van der Waals surface area contributed by atoms with Crippen molar-refractivity contribution in [2.75, 3.05) is 0 Å². The topological polar surface area (TPSA) is 17.1 Å². The summed E-state index contributed by atoms with van der Waals surface area (Å²) in [4.78, 5) is 12.2. The van der Waals surface area contributed by atoms with Gasteiger partial charge >= 0.3 is 0 Å². The van der Waals surface area contributed by atoms with Gasteiger partial charge in [-0.2, -0.15) is 0 Å². The quantitative estimate of drug-likeness (QED) is 0.707. The van der Waals surface area contributed by atoms with Crippen molar-refractivity contribution >= 4 is 5.78 Å². The van der Waals surface area contributed by atoms with Gasteiger partial charge in [0.1, 0.15) is 6.17 Å². The van der Waals surface area contributed by atoms with Gasteiger partial charge in [-0.25, -0.2) is 4.39 Å². The molecule has 0 amide bonds. The van der Waals surface area contributed by atoms with Gasteiger partial charge in [0.15, 0.2) is 5.78 Å². The second kappa shape index (κ2) is 4.28. The molecule has 0 aliphatic heterocycles. The molecule has 0 spiro atoms. The lowest BCUT2D eigenvalue weighted by molar-refractivity contribution is 0.0988. The molecule has 88 valence electrons. The fourth-order valence-corrected chi connectivity index (χ4v) is 1.92. The predicted molar refractivity (Wildman–Crippen MR) is 66.7 cm³/mol. The van der Waals surface area contributed by atoms with Crippen LogP contribution < -0.4 is 0 Å². The van der Waals surface area contributed by atoms with Gasteiger partial charge < -0.3 is 0 Å². The minimum Gasteiger partial charge on any atom is -0.289 e. The van der Waals surface area contributed by atoms with Crippen molar-refractivity contribution in [1.29, 1.82) is 0 Å². The maximum absolute atomic E-state index is 14.2. The Morgan fingerprint density at radius 2 is 1.88 bits per heavy atom. The fraction of sp³-hybridized carbons (Fsp3) is 0.267. The van der Waals surface area contributed by atoms with Crippen LogP contribution in [-0.2, 0) is 0 Å². The fourth-order valence-electron chi connectivity index (χ4n) is 1.92.